The molecule has 16 heavy (non-hydrogen) atoms. The van der Waals surface area contributed by atoms with Gasteiger partial charge in [-0.15, -0.1) is 0 Å². The van der Waals surface area contributed by atoms with Crippen LogP contribution in [0.1, 0.15) is 31.0 Å². The molecule has 3 nitrogen and oxygen atoms in total. The van der Waals surface area contributed by atoms with Crippen LogP contribution in [-0.2, 0) is 11.3 Å². The van der Waals surface area contributed by atoms with Gasteiger partial charge in [0.25, 0.3) is 0 Å². The predicted octanol–water partition coefficient (Wildman–Crippen LogP) is 2.40. The van der Waals surface area contributed by atoms with Crippen molar-refractivity contribution in [2.75, 3.05) is 7.11 Å². The molecular weight excluding hydrogens is 200 g/mol. The van der Waals surface area contributed by atoms with Gasteiger partial charge in [0.15, 0.2) is 0 Å². The molecule has 0 heterocycles. The molecule has 1 N–H and O–H groups in total. The number of benzene rings is 1. The van der Waals surface area contributed by atoms with Crippen LogP contribution in [0.3, 0.4) is 0 Å². The monoisotopic (exact) mass is 218 g/mol. The van der Waals surface area contributed by atoms with Crippen molar-refractivity contribution in [3.63, 3.8) is 0 Å². The number of hydrogen-bond acceptors (Lipinski definition) is 3. The fraction of sp³-hybridized carbons (Fsp3) is 0.462. The summed E-state index contributed by atoms with van der Waals surface area (Å²) >= 11 is 0. The maximum Gasteiger partial charge on any atom is 0.121 e. The first-order valence-electron chi connectivity index (χ1n) is 5.40. The minimum atomic E-state index is -0.239. The van der Waals surface area contributed by atoms with Gasteiger partial charge in [-0.2, -0.15) is 5.26 Å². The van der Waals surface area contributed by atoms with Crippen LogP contribution < -0.4 is 5.32 Å². The molecule has 86 valence electrons. The van der Waals surface area contributed by atoms with Gasteiger partial charge >= 0.3 is 0 Å². The highest BCUT2D eigenvalue weighted by Gasteiger charge is 2.10. The van der Waals surface area contributed by atoms with E-state index in [1.165, 1.54) is 0 Å². The molecule has 0 saturated heterocycles. The van der Waals surface area contributed by atoms with Gasteiger partial charge in [0.2, 0.25) is 0 Å². The van der Waals surface area contributed by atoms with E-state index in [2.05, 4.69) is 11.4 Å². The standard InChI is InChI=1S/C13H18N2O/c1-10(2)15-13(8-14)12-6-4-11(5-7-12)9-16-3/h4-7,10,13,15H,9H2,1-3H3. The first kappa shape index (κ1) is 12.7. The zero-order valence-corrected chi connectivity index (χ0v) is 10.0. The molecule has 3 heteroatoms. The maximum atomic E-state index is 9.06. The normalized spacial score (nSPS) is 12.4. The lowest BCUT2D eigenvalue weighted by Crippen LogP contribution is -2.27. The van der Waals surface area contributed by atoms with E-state index in [1.807, 2.05) is 38.1 Å². The molecule has 0 aromatic heterocycles. The summed E-state index contributed by atoms with van der Waals surface area (Å²) in [5.74, 6) is 0. The summed E-state index contributed by atoms with van der Waals surface area (Å²) in [7, 11) is 1.67. The van der Waals surface area contributed by atoms with Gasteiger partial charge in [0, 0.05) is 13.2 Å². The largest absolute Gasteiger partial charge is 0.380 e. The third-order valence-corrected chi connectivity index (χ3v) is 2.25. The summed E-state index contributed by atoms with van der Waals surface area (Å²) in [4.78, 5) is 0. The highest BCUT2D eigenvalue weighted by Crippen LogP contribution is 2.14. The molecule has 0 bridgehead atoms. The highest BCUT2D eigenvalue weighted by molar-refractivity contribution is 5.28. The molecule has 0 aliphatic heterocycles. The van der Waals surface area contributed by atoms with Crippen LogP contribution in [0.4, 0.5) is 0 Å². The molecule has 1 unspecified atom stereocenters. The topological polar surface area (TPSA) is 45.0 Å². The highest BCUT2D eigenvalue weighted by atomic mass is 16.5. The van der Waals surface area contributed by atoms with Crippen LogP contribution in [-0.4, -0.2) is 13.2 Å². The average molecular weight is 218 g/mol. The minimum absolute atomic E-state index is 0.239. The van der Waals surface area contributed by atoms with Gasteiger partial charge in [-0.25, -0.2) is 0 Å². The van der Waals surface area contributed by atoms with Crippen LogP contribution in [0.2, 0.25) is 0 Å². The Bertz CT molecular complexity index is 351. The van der Waals surface area contributed by atoms with Gasteiger partial charge in [-0.05, 0) is 25.0 Å². The number of nitriles is 1. The van der Waals surface area contributed by atoms with Crippen LogP contribution in [0.15, 0.2) is 24.3 Å². The van der Waals surface area contributed by atoms with Crippen molar-refractivity contribution in [1.82, 2.24) is 5.32 Å². The van der Waals surface area contributed by atoms with Crippen molar-refractivity contribution in [3.05, 3.63) is 35.4 Å². The molecule has 1 rings (SSSR count). The Morgan fingerprint density at radius 2 is 1.94 bits per heavy atom. The summed E-state index contributed by atoms with van der Waals surface area (Å²) in [6.07, 6.45) is 0. The summed E-state index contributed by atoms with van der Waals surface area (Å²) in [5, 5.41) is 12.3. The first-order valence-corrected chi connectivity index (χ1v) is 5.40. The molecule has 0 fully saturated rings. The van der Waals surface area contributed by atoms with E-state index in [4.69, 9.17) is 10.00 Å². The number of methoxy groups -OCH3 is 1. The Morgan fingerprint density at radius 3 is 2.38 bits per heavy atom. The Hall–Kier alpha value is -1.37. The molecule has 0 saturated carbocycles. The summed E-state index contributed by atoms with van der Waals surface area (Å²) < 4.78 is 5.04. The van der Waals surface area contributed by atoms with Gasteiger partial charge in [-0.3, -0.25) is 5.32 Å². The van der Waals surface area contributed by atoms with Gasteiger partial charge in [0.1, 0.15) is 6.04 Å². The zero-order valence-electron chi connectivity index (χ0n) is 10.0. The molecule has 0 spiro atoms. The Labute approximate surface area is 97.0 Å². The van der Waals surface area contributed by atoms with E-state index in [0.29, 0.717) is 12.6 Å². The average Bonchev–Trinajstić information content (AvgIpc) is 2.27. The van der Waals surface area contributed by atoms with Crippen molar-refractivity contribution < 1.29 is 4.74 Å². The van der Waals surface area contributed by atoms with Crippen molar-refractivity contribution in [2.45, 2.75) is 32.5 Å². The van der Waals surface area contributed by atoms with Gasteiger partial charge in [-0.1, -0.05) is 24.3 Å². The van der Waals surface area contributed by atoms with Crippen molar-refractivity contribution >= 4 is 0 Å². The van der Waals surface area contributed by atoms with Crippen LogP contribution in [0, 0.1) is 11.3 Å². The lowest BCUT2D eigenvalue weighted by Gasteiger charge is -2.15. The number of ether oxygens (including phenoxy) is 1. The first-order chi connectivity index (χ1) is 7.67. The van der Waals surface area contributed by atoms with Crippen LogP contribution >= 0.6 is 0 Å². The second-order valence-corrected chi connectivity index (χ2v) is 4.06. The molecule has 0 radical (unpaired) electrons. The molecule has 0 amide bonds. The minimum Gasteiger partial charge on any atom is -0.380 e. The fourth-order valence-corrected chi connectivity index (χ4v) is 1.51. The third-order valence-electron chi connectivity index (χ3n) is 2.25. The number of nitrogens with one attached hydrogen (secondary N) is 1. The van der Waals surface area contributed by atoms with Crippen LogP contribution in [0.5, 0.6) is 0 Å². The van der Waals surface area contributed by atoms with Crippen molar-refractivity contribution in [1.29, 1.82) is 5.26 Å². The third kappa shape index (κ3) is 3.65. The molecule has 1 aromatic carbocycles. The quantitative estimate of drug-likeness (QED) is 0.825. The van der Waals surface area contributed by atoms with Crippen molar-refractivity contribution in [3.8, 4) is 6.07 Å². The maximum absolute atomic E-state index is 9.06. The predicted molar refractivity (Wildman–Crippen MR) is 63.8 cm³/mol. The second kappa shape index (κ2) is 6.26. The zero-order chi connectivity index (χ0) is 12.0. The van der Waals surface area contributed by atoms with Crippen molar-refractivity contribution in [2.24, 2.45) is 0 Å². The fourth-order valence-electron chi connectivity index (χ4n) is 1.51. The second-order valence-electron chi connectivity index (χ2n) is 4.06. The summed E-state index contributed by atoms with van der Waals surface area (Å²) in [6.45, 7) is 4.67. The number of nitrogens with zero attached hydrogens (tertiary/aromatic N) is 1. The summed E-state index contributed by atoms with van der Waals surface area (Å²) in [5.41, 5.74) is 2.11. The van der Waals surface area contributed by atoms with E-state index in [-0.39, 0.29) is 6.04 Å². The van der Waals surface area contributed by atoms with E-state index in [1.54, 1.807) is 7.11 Å². The lowest BCUT2D eigenvalue weighted by atomic mass is 10.1. The van der Waals surface area contributed by atoms with Gasteiger partial charge in [0.05, 0.1) is 12.7 Å². The molecule has 0 aliphatic rings. The Balaban J connectivity index is 2.75. The number of hydrogen-bond donors (Lipinski definition) is 1. The lowest BCUT2D eigenvalue weighted by molar-refractivity contribution is 0.185. The molecule has 1 aromatic rings. The Morgan fingerprint density at radius 1 is 1.31 bits per heavy atom. The van der Waals surface area contributed by atoms with E-state index in [0.717, 1.165) is 11.1 Å². The SMILES string of the molecule is COCc1ccc(C(C#N)NC(C)C)cc1. The van der Waals surface area contributed by atoms with E-state index < -0.39 is 0 Å². The molecule has 0 aliphatic carbocycles. The van der Waals surface area contributed by atoms with E-state index >= 15 is 0 Å². The molecular formula is C13H18N2O. The molecule has 1 atom stereocenters. The van der Waals surface area contributed by atoms with Crippen LogP contribution in [0.25, 0.3) is 0 Å². The van der Waals surface area contributed by atoms with E-state index in [9.17, 15) is 0 Å². The summed E-state index contributed by atoms with van der Waals surface area (Å²) in [6, 6.07) is 10.2. The smallest absolute Gasteiger partial charge is 0.121 e. The Kier molecular flexibility index (Phi) is 4.97. The number of rotatable bonds is 5. The van der Waals surface area contributed by atoms with Gasteiger partial charge < -0.3 is 4.74 Å².